The Bertz CT molecular complexity index is 1100. The third kappa shape index (κ3) is 6.69. The van der Waals surface area contributed by atoms with Gasteiger partial charge in [-0.25, -0.2) is 13.8 Å². The Morgan fingerprint density at radius 2 is 1.92 bits per heavy atom. The molecule has 2 fully saturated rings. The van der Waals surface area contributed by atoms with Crippen molar-refractivity contribution in [2.24, 2.45) is 11.8 Å². The second kappa shape index (κ2) is 12.5. The van der Waals surface area contributed by atoms with Crippen molar-refractivity contribution in [3.63, 3.8) is 0 Å². The van der Waals surface area contributed by atoms with Crippen LogP contribution in [0, 0.1) is 11.8 Å². The van der Waals surface area contributed by atoms with Gasteiger partial charge in [-0.1, -0.05) is 26.0 Å². The summed E-state index contributed by atoms with van der Waals surface area (Å²) in [4.78, 5) is 35.6. The number of carbonyl (C=O) groups is 2. The molecule has 0 spiro atoms. The van der Waals surface area contributed by atoms with Crippen molar-refractivity contribution >= 4 is 22.8 Å². The fraction of sp³-hybridized carbons (Fsp3) is 0.679. The molecule has 3 heterocycles. The first kappa shape index (κ1) is 28.4. The van der Waals surface area contributed by atoms with Gasteiger partial charge in [-0.05, 0) is 37.3 Å². The van der Waals surface area contributed by atoms with Gasteiger partial charge in [0.05, 0.1) is 17.0 Å². The summed E-state index contributed by atoms with van der Waals surface area (Å²) >= 11 is 0. The Labute approximate surface area is 223 Å². The van der Waals surface area contributed by atoms with Gasteiger partial charge < -0.3 is 24.4 Å². The number of amides is 2. The minimum absolute atomic E-state index is 0.0781. The van der Waals surface area contributed by atoms with E-state index < -0.39 is 5.92 Å². The van der Waals surface area contributed by atoms with E-state index in [0.29, 0.717) is 45.0 Å². The first-order chi connectivity index (χ1) is 18.2. The number of ether oxygens (including phenoxy) is 1. The summed E-state index contributed by atoms with van der Waals surface area (Å²) < 4.78 is 34.5. The number of unbranched alkanes of at least 4 members (excludes halogenated alkanes) is 1. The Hall–Kier alpha value is -2.59. The van der Waals surface area contributed by atoms with Crippen LogP contribution in [0.5, 0.6) is 0 Å². The number of fused-ring (bicyclic) bond motifs is 1. The molecule has 4 rings (SSSR count). The molecule has 0 bridgehead atoms. The third-order valence-electron chi connectivity index (χ3n) is 7.57. The Balaban J connectivity index is 1.54. The van der Waals surface area contributed by atoms with Crippen LogP contribution in [0.2, 0.25) is 0 Å². The highest BCUT2D eigenvalue weighted by Crippen LogP contribution is 2.30. The number of benzene rings is 1. The molecule has 2 aromatic rings. The number of carbonyl (C=O) groups excluding carboxylic acids is 2. The number of halogens is 2. The van der Waals surface area contributed by atoms with Gasteiger partial charge in [0, 0.05) is 71.9 Å². The van der Waals surface area contributed by atoms with Crippen LogP contribution in [0.4, 0.5) is 8.78 Å². The molecule has 2 aliphatic heterocycles. The number of hydrogen-bond acceptors (Lipinski definition) is 5. The number of aryl methyl sites for hydroxylation is 1. The maximum atomic E-state index is 14.1. The van der Waals surface area contributed by atoms with E-state index in [1.807, 2.05) is 33.7 Å². The van der Waals surface area contributed by atoms with Crippen LogP contribution in [0.3, 0.4) is 0 Å². The molecule has 0 radical (unpaired) electrons. The van der Waals surface area contributed by atoms with Crippen molar-refractivity contribution in [3.8, 4) is 0 Å². The minimum atomic E-state index is -2.69. The highest BCUT2D eigenvalue weighted by atomic mass is 19.3. The number of hydrogen-bond donors (Lipinski definition) is 1. The van der Waals surface area contributed by atoms with E-state index in [4.69, 9.17) is 9.72 Å². The molecule has 1 unspecified atom stereocenters. The quantitative estimate of drug-likeness (QED) is 0.470. The van der Waals surface area contributed by atoms with Crippen molar-refractivity contribution < 1.29 is 23.1 Å². The van der Waals surface area contributed by atoms with E-state index in [9.17, 15) is 18.4 Å². The molecule has 0 saturated carbocycles. The van der Waals surface area contributed by atoms with E-state index in [-0.39, 0.29) is 55.6 Å². The highest BCUT2D eigenvalue weighted by molar-refractivity contribution is 5.95. The molecule has 0 aliphatic carbocycles. The van der Waals surface area contributed by atoms with Crippen LogP contribution in [0.1, 0.15) is 56.6 Å². The van der Waals surface area contributed by atoms with Crippen molar-refractivity contribution in [3.05, 3.63) is 30.1 Å². The molecule has 38 heavy (non-hydrogen) atoms. The van der Waals surface area contributed by atoms with Gasteiger partial charge in [0.25, 0.3) is 11.8 Å². The topological polar surface area (TPSA) is 79.7 Å². The fourth-order valence-corrected chi connectivity index (χ4v) is 5.56. The molecule has 2 aliphatic rings. The number of para-hydroxylation sites is 2. The minimum Gasteiger partial charge on any atom is -0.385 e. The first-order valence-electron chi connectivity index (χ1n) is 13.8. The van der Waals surface area contributed by atoms with Crippen molar-refractivity contribution in [2.45, 2.75) is 64.5 Å². The van der Waals surface area contributed by atoms with Gasteiger partial charge in [0.1, 0.15) is 0 Å². The van der Waals surface area contributed by atoms with Crippen LogP contribution in [-0.4, -0.2) is 89.6 Å². The van der Waals surface area contributed by atoms with Crippen LogP contribution >= 0.6 is 0 Å². The second-order valence-corrected chi connectivity index (χ2v) is 11.1. The average molecular weight is 534 g/mol. The largest absolute Gasteiger partial charge is 0.385 e. The summed E-state index contributed by atoms with van der Waals surface area (Å²) in [5.41, 5.74) is 1.71. The smallest absolute Gasteiger partial charge is 0.290 e. The zero-order valence-electron chi connectivity index (χ0n) is 22.8. The summed E-state index contributed by atoms with van der Waals surface area (Å²) in [6.45, 7) is 7.22. The number of nitrogens with one attached hydrogen (secondary N) is 1. The highest BCUT2D eigenvalue weighted by Gasteiger charge is 2.40. The monoisotopic (exact) mass is 533 g/mol. The molecule has 8 nitrogen and oxygen atoms in total. The molecule has 2 saturated heterocycles. The number of piperidine rings is 2. The maximum absolute atomic E-state index is 14.1. The van der Waals surface area contributed by atoms with Crippen LogP contribution in [0.25, 0.3) is 11.0 Å². The van der Waals surface area contributed by atoms with Gasteiger partial charge >= 0.3 is 0 Å². The lowest BCUT2D eigenvalue weighted by Crippen LogP contribution is -2.56. The van der Waals surface area contributed by atoms with Crippen LogP contribution in [-0.2, 0) is 16.1 Å². The van der Waals surface area contributed by atoms with E-state index >= 15 is 0 Å². The van der Waals surface area contributed by atoms with Gasteiger partial charge in [-0.3, -0.25) is 9.59 Å². The molecule has 1 aromatic heterocycles. The van der Waals surface area contributed by atoms with Crippen molar-refractivity contribution in [2.75, 3.05) is 46.4 Å². The van der Waals surface area contributed by atoms with Gasteiger partial charge in [-0.15, -0.1) is 0 Å². The third-order valence-corrected chi connectivity index (χ3v) is 7.57. The normalized spacial score (nSPS) is 21.7. The zero-order chi connectivity index (χ0) is 27.3. The van der Waals surface area contributed by atoms with Crippen molar-refractivity contribution in [1.82, 2.24) is 24.7 Å². The molecule has 1 aromatic carbocycles. The molecule has 210 valence electrons. The predicted molar refractivity (Wildman–Crippen MR) is 142 cm³/mol. The van der Waals surface area contributed by atoms with E-state index in [1.54, 1.807) is 12.0 Å². The second-order valence-electron chi connectivity index (χ2n) is 11.1. The van der Waals surface area contributed by atoms with Crippen molar-refractivity contribution in [1.29, 1.82) is 0 Å². The van der Waals surface area contributed by atoms with E-state index in [2.05, 4.69) is 19.2 Å². The lowest BCUT2D eigenvalue weighted by atomic mass is 9.91. The summed E-state index contributed by atoms with van der Waals surface area (Å²) in [7, 11) is 1.68. The van der Waals surface area contributed by atoms with Gasteiger partial charge in [0.2, 0.25) is 5.91 Å². The number of aromatic nitrogens is 2. The molecular weight excluding hydrogens is 492 g/mol. The van der Waals surface area contributed by atoms with Crippen LogP contribution < -0.4 is 5.32 Å². The molecular formula is C28H41F2N5O3. The predicted octanol–water partition coefficient (Wildman–Crippen LogP) is 3.80. The van der Waals surface area contributed by atoms with Gasteiger partial charge in [0.15, 0.2) is 5.82 Å². The number of alkyl halides is 2. The molecule has 1 N–H and O–H groups in total. The molecule has 10 heteroatoms. The molecule has 2 atom stereocenters. The average Bonchev–Trinajstić information content (AvgIpc) is 3.27. The number of imidazole rings is 1. The van der Waals surface area contributed by atoms with E-state index in [1.165, 1.54) is 0 Å². The summed E-state index contributed by atoms with van der Waals surface area (Å²) in [5.74, 6) is -2.65. The lowest BCUT2D eigenvalue weighted by Gasteiger charge is -2.40. The first-order valence-corrected chi connectivity index (χ1v) is 13.8. The van der Waals surface area contributed by atoms with Gasteiger partial charge in [-0.2, -0.15) is 0 Å². The Morgan fingerprint density at radius 3 is 2.63 bits per heavy atom. The number of likely N-dealkylation sites (tertiary alicyclic amines) is 1. The SMILES string of the molecule is COCCCCn1c(C(=O)N(CC(C)C)[C@@H]2CNCC(C(=O)N3CCC(F)(F)CC3)C2)nc2ccccc21. The van der Waals surface area contributed by atoms with E-state index in [0.717, 1.165) is 23.9 Å². The summed E-state index contributed by atoms with van der Waals surface area (Å²) in [6, 6.07) is 7.58. The standard InChI is InChI=1S/C28H41F2N5O3/c1-20(2)19-35(22-16-21(17-31-18-22)26(36)33-13-10-28(29,30)11-14-33)27(37)25-32-23-8-4-5-9-24(23)34(25)12-6-7-15-38-3/h4-5,8-9,20-22,31H,6-7,10-19H2,1-3H3/t21?,22-/m0/s1. The molecule has 2 amide bonds. The summed E-state index contributed by atoms with van der Waals surface area (Å²) in [6.07, 6.45) is 1.66. The number of methoxy groups -OCH3 is 1. The Morgan fingerprint density at radius 1 is 1.18 bits per heavy atom. The summed E-state index contributed by atoms with van der Waals surface area (Å²) in [5, 5.41) is 3.34. The van der Waals surface area contributed by atoms with Crippen LogP contribution in [0.15, 0.2) is 24.3 Å². The zero-order valence-corrected chi connectivity index (χ0v) is 22.8. The fourth-order valence-electron chi connectivity index (χ4n) is 5.56. The number of rotatable bonds is 10. The Kier molecular flexibility index (Phi) is 9.36. The maximum Gasteiger partial charge on any atom is 0.290 e. The number of nitrogens with zero attached hydrogens (tertiary/aromatic N) is 4. The lowest BCUT2D eigenvalue weighted by molar-refractivity contribution is -0.142.